The summed E-state index contributed by atoms with van der Waals surface area (Å²) in [5.74, 6) is 0. The molecule has 0 radical (unpaired) electrons. The zero-order valence-electron chi connectivity index (χ0n) is 6.80. The predicted octanol–water partition coefficient (Wildman–Crippen LogP) is 1.75. The summed E-state index contributed by atoms with van der Waals surface area (Å²) in [5.41, 5.74) is -0.812. The molecule has 0 atom stereocenters. The summed E-state index contributed by atoms with van der Waals surface area (Å²) < 4.78 is -0.401. The second kappa shape index (κ2) is 2.81. The van der Waals surface area contributed by atoms with Crippen LogP contribution in [0.5, 0.6) is 0 Å². The highest BCUT2D eigenvalue weighted by molar-refractivity contribution is 8.05. The molecule has 0 saturated heterocycles. The molecule has 0 fully saturated rings. The van der Waals surface area contributed by atoms with Gasteiger partial charge in [-0.15, -0.1) is 0 Å². The van der Waals surface area contributed by atoms with E-state index in [4.69, 9.17) is 5.26 Å². The minimum absolute atomic E-state index is 0.401. The van der Waals surface area contributed by atoms with Gasteiger partial charge in [-0.2, -0.15) is 5.26 Å². The first-order chi connectivity index (χ1) is 4.31. The minimum Gasteiger partial charge on any atom is -0.389 e. The topological polar surface area (TPSA) is 44.0 Å². The molecule has 0 spiro atoms. The molecule has 0 heterocycles. The third-order valence-corrected chi connectivity index (χ3v) is 2.88. The maximum Gasteiger partial charge on any atom is 0.134 e. The molecule has 0 aliphatic heterocycles. The zero-order chi connectivity index (χ0) is 8.41. The standard InChI is InChI=1S/C7H13NOS/c1-6(2,9)7(3,4)10-5-8/h9H,1-4H3. The Morgan fingerprint density at radius 1 is 1.30 bits per heavy atom. The van der Waals surface area contributed by atoms with Crippen molar-refractivity contribution in [3.63, 3.8) is 0 Å². The van der Waals surface area contributed by atoms with Crippen LogP contribution in [0.15, 0.2) is 0 Å². The Kier molecular flexibility index (Phi) is 2.76. The van der Waals surface area contributed by atoms with Crippen molar-refractivity contribution in [2.75, 3.05) is 0 Å². The number of thioether (sulfide) groups is 1. The van der Waals surface area contributed by atoms with E-state index >= 15 is 0 Å². The van der Waals surface area contributed by atoms with Crippen LogP contribution >= 0.6 is 11.8 Å². The van der Waals surface area contributed by atoms with Crippen molar-refractivity contribution in [1.82, 2.24) is 0 Å². The number of rotatable bonds is 2. The normalized spacial score (nSPS) is 12.8. The van der Waals surface area contributed by atoms with Crippen molar-refractivity contribution >= 4 is 11.8 Å². The van der Waals surface area contributed by atoms with Crippen LogP contribution in [0.1, 0.15) is 27.7 Å². The summed E-state index contributed by atoms with van der Waals surface area (Å²) in [4.78, 5) is 0. The molecule has 0 saturated carbocycles. The van der Waals surface area contributed by atoms with E-state index in [9.17, 15) is 5.11 Å². The molecule has 2 nitrogen and oxygen atoms in total. The van der Waals surface area contributed by atoms with Crippen molar-refractivity contribution in [2.45, 2.75) is 38.0 Å². The van der Waals surface area contributed by atoms with Crippen LogP contribution in [-0.2, 0) is 0 Å². The Morgan fingerprint density at radius 3 is 1.80 bits per heavy atom. The van der Waals surface area contributed by atoms with Gasteiger partial charge in [0.25, 0.3) is 0 Å². The fourth-order valence-corrected chi connectivity index (χ4v) is 0.717. The van der Waals surface area contributed by atoms with Gasteiger partial charge in [-0.1, -0.05) is 0 Å². The summed E-state index contributed by atoms with van der Waals surface area (Å²) >= 11 is 1.10. The van der Waals surface area contributed by atoms with Crippen molar-refractivity contribution in [3.05, 3.63) is 0 Å². The molecule has 1 N–H and O–H groups in total. The summed E-state index contributed by atoms with van der Waals surface area (Å²) in [5, 5.41) is 19.8. The molecule has 0 aromatic rings. The largest absolute Gasteiger partial charge is 0.389 e. The lowest BCUT2D eigenvalue weighted by Gasteiger charge is -2.33. The minimum atomic E-state index is -0.812. The van der Waals surface area contributed by atoms with E-state index in [0.29, 0.717) is 0 Å². The Labute approximate surface area is 66.2 Å². The lowest BCUT2D eigenvalue weighted by Crippen LogP contribution is -2.41. The molecule has 0 aromatic heterocycles. The highest BCUT2D eigenvalue weighted by atomic mass is 32.2. The van der Waals surface area contributed by atoms with Gasteiger partial charge in [0, 0.05) is 0 Å². The third-order valence-electron chi connectivity index (χ3n) is 1.77. The van der Waals surface area contributed by atoms with E-state index in [2.05, 4.69) is 0 Å². The zero-order valence-corrected chi connectivity index (χ0v) is 7.62. The lowest BCUT2D eigenvalue weighted by atomic mass is 9.94. The van der Waals surface area contributed by atoms with E-state index in [1.807, 2.05) is 19.2 Å². The van der Waals surface area contributed by atoms with E-state index in [1.54, 1.807) is 13.8 Å². The first-order valence-corrected chi connectivity index (χ1v) is 3.92. The second-order valence-electron chi connectivity index (χ2n) is 3.26. The fraction of sp³-hybridized carbons (Fsp3) is 0.857. The van der Waals surface area contributed by atoms with Crippen molar-refractivity contribution in [2.24, 2.45) is 0 Å². The summed E-state index contributed by atoms with van der Waals surface area (Å²) in [6.07, 6.45) is 0. The smallest absolute Gasteiger partial charge is 0.134 e. The first-order valence-electron chi connectivity index (χ1n) is 3.11. The summed E-state index contributed by atoms with van der Waals surface area (Å²) in [6, 6.07) is 0. The highest BCUT2D eigenvalue weighted by Crippen LogP contribution is 2.34. The van der Waals surface area contributed by atoms with E-state index < -0.39 is 10.3 Å². The van der Waals surface area contributed by atoms with Crippen LogP contribution in [0.4, 0.5) is 0 Å². The molecular weight excluding hydrogens is 146 g/mol. The molecular formula is C7H13NOS. The Balaban J connectivity index is 4.28. The van der Waals surface area contributed by atoms with Gasteiger partial charge in [0.1, 0.15) is 5.40 Å². The van der Waals surface area contributed by atoms with Crippen LogP contribution < -0.4 is 0 Å². The van der Waals surface area contributed by atoms with Gasteiger partial charge in [0.05, 0.1) is 10.3 Å². The molecule has 0 bridgehead atoms. The van der Waals surface area contributed by atoms with Crippen LogP contribution in [0, 0.1) is 10.7 Å². The molecule has 0 aromatic carbocycles. The van der Waals surface area contributed by atoms with Gasteiger partial charge >= 0.3 is 0 Å². The maximum atomic E-state index is 9.50. The maximum absolute atomic E-state index is 9.50. The lowest BCUT2D eigenvalue weighted by molar-refractivity contribution is 0.0496. The quantitative estimate of drug-likeness (QED) is 0.624. The molecule has 0 aliphatic rings. The van der Waals surface area contributed by atoms with Crippen LogP contribution in [0.25, 0.3) is 0 Å². The van der Waals surface area contributed by atoms with Gasteiger partial charge < -0.3 is 5.11 Å². The van der Waals surface area contributed by atoms with Gasteiger partial charge in [0.15, 0.2) is 0 Å². The van der Waals surface area contributed by atoms with E-state index in [1.165, 1.54) is 0 Å². The average molecular weight is 159 g/mol. The number of nitrogens with zero attached hydrogens (tertiary/aromatic N) is 1. The average Bonchev–Trinajstić information content (AvgIpc) is 1.61. The molecule has 0 rings (SSSR count). The van der Waals surface area contributed by atoms with Crippen LogP contribution in [0.2, 0.25) is 0 Å². The first kappa shape index (κ1) is 9.80. The van der Waals surface area contributed by atoms with E-state index in [-0.39, 0.29) is 0 Å². The molecule has 3 heteroatoms. The Morgan fingerprint density at radius 2 is 1.70 bits per heavy atom. The monoisotopic (exact) mass is 159 g/mol. The molecule has 10 heavy (non-hydrogen) atoms. The SMILES string of the molecule is CC(C)(O)C(C)(C)SC#N. The number of hydrogen-bond donors (Lipinski definition) is 1. The van der Waals surface area contributed by atoms with Gasteiger partial charge in [0.2, 0.25) is 0 Å². The fourth-order valence-electron chi connectivity index (χ4n) is 0.239. The Hall–Kier alpha value is -0.200. The van der Waals surface area contributed by atoms with Crippen LogP contribution in [-0.4, -0.2) is 15.5 Å². The molecule has 0 amide bonds. The second-order valence-corrected chi connectivity index (χ2v) is 4.67. The van der Waals surface area contributed by atoms with Gasteiger partial charge in [-0.3, -0.25) is 0 Å². The predicted molar refractivity (Wildman–Crippen MR) is 43.6 cm³/mol. The molecule has 58 valence electrons. The van der Waals surface area contributed by atoms with E-state index in [0.717, 1.165) is 11.8 Å². The van der Waals surface area contributed by atoms with Crippen LogP contribution in [0.3, 0.4) is 0 Å². The number of hydrogen-bond acceptors (Lipinski definition) is 3. The summed E-state index contributed by atoms with van der Waals surface area (Å²) in [7, 11) is 0. The highest BCUT2D eigenvalue weighted by Gasteiger charge is 2.35. The van der Waals surface area contributed by atoms with Crippen molar-refractivity contribution < 1.29 is 5.11 Å². The Bertz CT molecular complexity index is 152. The van der Waals surface area contributed by atoms with Gasteiger partial charge in [-0.25, -0.2) is 0 Å². The third kappa shape index (κ3) is 2.20. The summed E-state index contributed by atoms with van der Waals surface area (Å²) in [6.45, 7) is 7.11. The van der Waals surface area contributed by atoms with Gasteiger partial charge in [-0.05, 0) is 39.5 Å². The number of aliphatic hydroxyl groups is 1. The van der Waals surface area contributed by atoms with Crippen molar-refractivity contribution in [3.8, 4) is 5.40 Å². The number of nitriles is 1. The number of thiocyanates is 1. The van der Waals surface area contributed by atoms with Crippen molar-refractivity contribution in [1.29, 1.82) is 5.26 Å². The molecule has 0 aliphatic carbocycles. The molecule has 0 unspecified atom stereocenters.